The summed E-state index contributed by atoms with van der Waals surface area (Å²) in [5.41, 5.74) is 0. The standard InChI is InChI=1S/C11H25NO/c1-5-11(10(2)12-3)8-6-7-9-13-4/h10-12H,5-9H2,1-4H3. The van der Waals surface area contributed by atoms with Gasteiger partial charge in [-0.05, 0) is 32.7 Å². The Morgan fingerprint density at radius 2 is 2.00 bits per heavy atom. The minimum Gasteiger partial charge on any atom is -0.385 e. The third kappa shape index (κ3) is 6.05. The van der Waals surface area contributed by atoms with E-state index in [-0.39, 0.29) is 0 Å². The molecule has 0 rings (SSSR count). The predicted octanol–water partition coefficient (Wildman–Crippen LogP) is 2.44. The lowest BCUT2D eigenvalue weighted by Gasteiger charge is -2.21. The van der Waals surface area contributed by atoms with Gasteiger partial charge in [-0.25, -0.2) is 0 Å². The van der Waals surface area contributed by atoms with Gasteiger partial charge in [-0.3, -0.25) is 0 Å². The van der Waals surface area contributed by atoms with Crippen molar-refractivity contribution in [1.29, 1.82) is 0 Å². The van der Waals surface area contributed by atoms with Crippen molar-refractivity contribution in [2.75, 3.05) is 20.8 Å². The van der Waals surface area contributed by atoms with E-state index >= 15 is 0 Å². The molecular weight excluding hydrogens is 162 g/mol. The maximum absolute atomic E-state index is 5.03. The molecule has 0 spiro atoms. The molecule has 13 heavy (non-hydrogen) atoms. The number of rotatable bonds is 8. The van der Waals surface area contributed by atoms with Gasteiger partial charge in [-0.1, -0.05) is 19.8 Å². The summed E-state index contributed by atoms with van der Waals surface area (Å²) in [5.74, 6) is 0.821. The number of methoxy groups -OCH3 is 1. The van der Waals surface area contributed by atoms with Gasteiger partial charge >= 0.3 is 0 Å². The van der Waals surface area contributed by atoms with Crippen molar-refractivity contribution in [3.05, 3.63) is 0 Å². The fourth-order valence-corrected chi connectivity index (χ4v) is 1.70. The summed E-state index contributed by atoms with van der Waals surface area (Å²) in [5, 5.41) is 3.33. The fourth-order valence-electron chi connectivity index (χ4n) is 1.70. The minimum absolute atomic E-state index is 0.646. The molecular formula is C11H25NO. The molecule has 2 heteroatoms. The second kappa shape index (κ2) is 8.52. The monoisotopic (exact) mass is 187 g/mol. The van der Waals surface area contributed by atoms with Crippen molar-refractivity contribution in [3.63, 3.8) is 0 Å². The molecule has 2 unspecified atom stereocenters. The van der Waals surface area contributed by atoms with E-state index in [1.54, 1.807) is 7.11 Å². The van der Waals surface area contributed by atoms with Gasteiger partial charge in [-0.2, -0.15) is 0 Å². The first kappa shape index (κ1) is 12.9. The molecule has 80 valence electrons. The smallest absolute Gasteiger partial charge is 0.0462 e. The Bertz CT molecular complexity index is 106. The number of nitrogens with one attached hydrogen (secondary N) is 1. The second-order valence-corrected chi connectivity index (χ2v) is 3.73. The summed E-state index contributed by atoms with van der Waals surface area (Å²) in [6.45, 7) is 5.45. The van der Waals surface area contributed by atoms with E-state index in [0.29, 0.717) is 6.04 Å². The Labute approximate surface area is 83.1 Å². The van der Waals surface area contributed by atoms with Crippen molar-refractivity contribution < 1.29 is 4.74 Å². The van der Waals surface area contributed by atoms with Crippen LogP contribution in [0.2, 0.25) is 0 Å². The highest BCUT2D eigenvalue weighted by Crippen LogP contribution is 2.16. The predicted molar refractivity (Wildman–Crippen MR) is 58.0 cm³/mol. The summed E-state index contributed by atoms with van der Waals surface area (Å²) in [6.07, 6.45) is 5.08. The first-order chi connectivity index (χ1) is 6.26. The van der Waals surface area contributed by atoms with Gasteiger partial charge in [0, 0.05) is 19.8 Å². The first-order valence-corrected chi connectivity index (χ1v) is 5.42. The van der Waals surface area contributed by atoms with Crippen molar-refractivity contribution in [3.8, 4) is 0 Å². The highest BCUT2D eigenvalue weighted by atomic mass is 16.5. The lowest BCUT2D eigenvalue weighted by atomic mass is 9.92. The second-order valence-electron chi connectivity index (χ2n) is 3.73. The third-order valence-electron chi connectivity index (χ3n) is 2.86. The van der Waals surface area contributed by atoms with Crippen LogP contribution < -0.4 is 5.32 Å². The Hall–Kier alpha value is -0.0800. The molecule has 0 aromatic heterocycles. The lowest BCUT2D eigenvalue weighted by Crippen LogP contribution is -2.30. The molecule has 0 aliphatic rings. The molecule has 0 radical (unpaired) electrons. The quantitative estimate of drug-likeness (QED) is 0.589. The van der Waals surface area contributed by atoms with Gasteiger partial charge in [-0.15, -0.1) is 0 Å². The van der Waals surface area contributed by atoms with Crippen LogP contribution in [0.4, 0.5) is 0 Å². The highest BCUT2D eigenvalue weighted by Gasteiger charge is 2.12. The van der Waals surface area contributed by atoms with Crippen molar-refractivity contribution in [2.45, 2.75) is 45.6 Å². The molecule has 0 aliphatic carbocycles. The van der Waals surface area contributed by atoms with Gasteiger partial charge in [0.1, 0.15) is 0 Å². The van der Waals surface area contributed by atoms with Gasteiger partial charge < -0.3 is 10.1 Å². The van der Waals surface area contributed by atoms with Gasteiger partial charge in [0.25, 0.3) is 0 Å². The van der Waals surface area contributed by atoms with Gasteiger partial charge in [0.15, 0.2) is 0 Å². The van der Waals surface area contributed by atoms with E-state index in [9.17, 15) is 0 Å². The van der Waals surface area contributed by atoms with E-state index in [1.165, 1.54) is 25.7 Å². The van der Waals surface area contributed by atoms with Gasteiger partial charge in [0.2, 0.25) is 0 Å². The zero-order valence-electron chi connectivity index (χ0n) is 9.60. The zero-order valence-corrected chi connectivity index (χ0v) is 9.60. The van der Waals surface area contributed by atoms with E-state index in [0.717, 1.165) is 12.5 Å². The number of hydrogen-bond acceptors (Lipinski definition) is 2. The maximum atomic E-state index is 5.03. The topological polar surface area (TPSA) is 21.3 Å². The molecule has 2 atom stereocenters. The van der Waals surface area contributed by atoms with Crippen molar-refractivity contribution in [2.24, 2.45) is 5.92 Å². The van der Waals surface area contributed by atoms with Crippen LogP contribution in [0.3, 0.4) is 0 Å². The van der Waals surface area contributed by atoms with Crippen LogP contribution in [-0.2, 0) is 4.74 Å². The normalized spacial score (nSPS) is 15.7. The SMILES string of the molecule is CCC(CCCCOC)C(C)NC. The fraction of sp³-hybridized carbons (Fsp3) is 1.00. The molecule has 0 bridgehead atoms. The van der Waals surface area contributed by atoms with Crippen LogP contribution in [0.15, 0.2) is 0 Å². The molecule has 2 nitrogen and oxygen atoms in total. The Balaban J connectivity index is 3.47. The first-order valence-electron chi connectivity index (χ1n) is 5.42. The number of unbranched alkanes of at least 4 members (excludes halogenated alkanes) is 1. The van der Waals surface area contributed by atoms with Crippen LogP contribution in [0.5, 0.6) is 0 Å². The van der Waals surface area contributed by atoms with Crippen LogP contribution >= 0.6 is 0 Å². The Morgan fingerprint density at radius 3 is 2.46 bits per heavy atom. The minimum atomic E-state index is 0.646. The molecule has 0 amide bonds. The summed E-state index contributed by atoms with van der Waals surface area (Å²) >= 11 is 0. The average molecular weight is 187 g/mol. The maximum Gasteiger partial charge on any atom is 0.0462 e. The van der Waals surface area contributed by atoms with Crippen molar-refractivity contribution >= 4 is 0 Å². The molecule has 1 N–H and O–H groups in total. The highest BCUT2D eigenvalue weighted by molar-refractivity contribution is 4.69. The average Bonchev–Trinajstić information content (AvgIpc) is 2.17. The largest absolute Gasteiger partial charge is 0.385 e. The molecule has 0 heterocycles. The summed E-state index contributed by atoms with van der Waals surface area (Å²) in [7, 11) is 3.82. The number of ether oxygens (including phenoxy) is 1. The molecule has 0 aromatic carbocycles. The summed E-state index contributed by atoms with van der Waals surface area (Å²) in [4.78, 5) is 0. The van der Waals surface area contributed by atoms with E-state index in [4.69, 9.17) is 4.74 Å². The van der Waals surface area contributed by atoms with Gasteiger partial charge in [0.05, 0.1) is 0 Å². The Morgan fingerprint density at radius 1 is 1.31 bits per heavy atom. The van der Waals surface area contributed by atoms with E-state index in [1.807, 2.05) is 7.05 Å². The van der Waals surface area contributed by atoms with Crippen LogP contribution in [0.25, 0.3) is 0 Å². The van der Waals surface area contributed by atoms with Crippen LogP contribution in [0, 0.1) is 5.92 Å². The van der Waals surface area contributed by atoms with E-state index < -0.39 is 0 Å². The summed E-state index contributed by atoms with van der Waals surface area (Å²) < 4.78 is 5.03. The lowest BCUT2D eigenvalue weighted by molar-refractivity contribution is 0.188. The van der Waals surface area contributed by atoms with Crippen molar-refractivity contribution in [1.82, 2.24) is 5.32 Å². The molecule has 0 aromatic rings. The third-order valence-corrected chi connectivity index (χ3v) is 2.86. The van der Waals surface area contributed by atoms with E-state index in [2.05, 4.69) is 19.2 Å². The molecule has 0 saturated heterocycles. The number of hydrogen-bond donors (Lipinski definition) is 1. The van der Waals surface area contributed by atoms with Crippen LogP contribution in [-0.4, -0.2) is 26.8 Å². The molecule has 0 saturated carbocycles. The Kier molecular flexibility index (Phi) is 8.46. The molecule has 0 aliphatic heterocycles. The van der Waals surface area contributed by atoms with Crippen LogP contribution in [0.1, 0.15) is 39.5 Å². The molecule has 0 fully saturated rings. The zero-order chi connectivity index (χ0) is 10.1. The summed E-state index contributed by atoms with van der Waals surface area (Å²) in [6, 6.07) is 0.646.